The van der Waals surface area contributed by atoms with Gasteiger partial charge < -0.3 is 9.47 Å². The van der Waals surface area contributed by atoms with E-state index >= 15 is 0 Å². The number of hydrogen-bond acceptors (Lipinski definition) is 6. The van der Waals surface area contributed by atoms with E-state index in [0.717, 1.165) is 31.3 Å². The highest BCUT2D eigenvalue weighted by Crippen LogP contribution is 2.45. The fourth-order valence-electron chi connectivity index (χ4n) is 4.77. The molecule has 0 radical (unpaired) electrons. The van der Waals surface area contributed by atoms with Crippen molar-refractivity contribution in [3.63, 3.8) is 0 Å². The van der Waals surface area contributed by atoms with Gasteiger partial charge in [0.05, 0.1) is 27.9 Å². The maximum Gasteiger partial charge on any atom is 0.355 e. The Morgan fingerprint density at radius 1 is 0.622 bits per heavy atom. The van der Waals surface area contributed by atoms with Crippen molar-refractivity contribution >= 4 is 142 Å². The number of halogens is 6. The maximum absolute atomic E-state index is 13.2. The van der Waals surface area contributed by atoms with Crippen molar-refractivity contribution in [2.75, 3.05) is 0 Å². The third-order valence-electron chi connectivity index (χ3n) is 7.27. The van der Waals surface area contributed by atoms with E-state index in [2.05, 4.69) is 77.6 Å². The molecule has 0 aliphatic heterocycles. The highest BCUT2D eigenvalue weighted by Gasteiger charge is 2.29. The van der Waals surface area contributed by atoms with Gasteiger partial charge >= 0.3 is 11.9 Å². The van der Waals surface area contributed by atoms with Gasteiger partial charge in [-0.3, -0.25) is 0 Å². The number of hydrogen-bond donors (Lipinski definition) is 0. The number of carbonyl (C=O) groups excluding carboxylic acids is 2. The Hall–Kier alpha value is -1.76. The van der Waals surface area contributed by atoms with Gasteiger partial charge in [-0.2, -0.15) is 0 Å². The molecule has 0 aliphatic rings. The number of esters is 2. The molecule has 12 heteroatoms. The van der Waals surface area contributed by atoms with Crippen molar-refractivity contribution < 1.29 is 19.1 Å². The fraction of sp³-hybridized carbons (Fsp3) is 0.0909. The van der Waals surface area contributed by atoms with E-state index in [0.29, 0.717) is 49.2 Å². The summed E-state index contributed by atoms with van der Waals surface area (Å²) < 4.78 is 15.8. The number of ether oxygens (including phenoxy) is 2. The van der Waals surface area contributed by atoms with Crippen molar-refractivity contribution in [3.8, 4) is 11.5 Å². The molecule has 2 aromatic heterocycles. The van der Waals surface area contributed by atoms with Crippen molar-refractivity contribution in [2.24, 2.45) is 0 Å². The number of thiophene rings is 2. The van der Waals surface area contributed by atoms with Crippen molar-refractivity contribution in [3.05, 3.63) is 122 Å². The Morgan fingerprint density at radius 2 is 0.956 bits per heavy atom. The number of benzene rings is 4. The van der Waals surface area contributed by atoms with Crippen molar-refractivity contribution in [2.45, 2.75) is 19.3 Å². The molecule has 0 saturated heterocycles. The van der Waals surface area contributed by atoms with Crippen LogP contribution in [-0.4, -0.2) is 11.9 Å². The molecule has 0 atom stereocenters. The van der Waals surface area contributed by atoms with Gasteiger partial charge in [-0.1, -0.05) is 73.4 Å². The van der Waals surface area contributed by atoms with Crippen LogP contribution in [0.2, 0.25) is 10.0 Å². The molecular formula is C33H18Br4Cl2O4S2. The summed E-state index contributed by atoms with van der Waals surface area (Å²) in [6.45, 7) is 4.14. The molecule has 45 heavy (non-hydrogen) atoms. The van der Waals surface area contributed by atoms with E-state index in [1.807, 2.05) is 72.8 Å². The first-order valence-corrected chi connectivity index (χ1v) is 18.7. The number of fused-ring (bicyclic) bond motifs is 2. The summed E-state index contributed by atoms with van der Waals surface area (Å²) in [5.41, 5.74) is 1.34. The van der Waals surface area contributed by atoms with E-state index < -0.39 is 17.4 Å². The molecule has 0 saturated carbocycles. The molecule has 0 aliphatic carbocycles. The van der Waals surface area contributed by atoms with Gasteiger partial charge in [0, 0.05) is 25.6 Å². The molecule has 6 aromatic rings. The largest absolute Gasteiger partial charge is 0.420 e. The summed E-state index contributed by atoms with van der Waals surface area (Å²) in [4.78, 5) is 27.0. The lowest BCUT2D eigenvalue weighted by molar-refractivity contribution is 0.0728. The van der Waals surface area contributed by atoms with Gasteiger partial charge in [-0.05, 0) is 111 Å². The molecule has 2 heterocycles. The lowest BCUT2D eigenvalue weighted by Crippen LogP contribution is -2.20. The van der Waals surface area contributed by atoms with Crippen LogP contribution in [0, 0.1) is 0 Å². The normalized spacial score (nSPS) is 11.7. The highest BCUT2D eigenvalue weighted by molar-refractivity contribution is 9.11. The lowest BCUT2D eigenvalue weighted by Gasteiger charge is -2.28. The van der Waals surface area contributed by atoms with Crippen LogP contribution in [0.25, 0.3) is 20.2 Å². The van der Waals surface area contributed by atoms with Crippen LogP contribution in [-0.2, 0) is 5.41 Å². The first-order valence-electron chi connectivity index (χ1n) is 13.1. The maximum atomic E-state index is 13.2. The Labute approximate surface area is 310 Å². The third-order valence-corrected chi connectivity index (χ3v) is 12.9. The fourth-order valence-corrected chi connectivity index (χ4v) is 10.2. The number of rotatable bonds is 6. The average molecular weight is 933 g/mol. The van der Waals surface area contributed by atoms with Gasteiger partial charge in [-0.25, -0.2) is 9.59 Å². The van der Waals surface area contributed by atoms with Crippen LogP contribution in [0.4, 0.5) is 0 Å². The Kier molecular flexibility index (Phi) is 9.60. The number of carbonyl (C=O) groups is 2. The topological polar surface area (TPSA) is 52.6 Å². The van der Waals surface area contributed by atoms with Crippen molar-refractivity contribution in [1.82, 2.24) is 0 Å². The van der Waals surface area contributed by atoms with E-state index in [1.54, 1.807) is 0 Å². The standard InChI is InChI=1S/C33H18Br4Cl2O4S2/c1-33(2,15-11-19(34)27(20(35)12-15)42-31(40)29-25(38)17-7-3-5-9-23(17)44-29)16-13-21(36)28(22(37)14-16)43-32(41)30-26(39)18-8-4-6-10-24(18)45-30/h3-14H,1-2H3. The van der Waals surface area contributed by atoms with Gasteiger partial charge in [-0.15, -0.1) is 22.7 Å². The minimum absolute atomic E-state index is 0.339. The summed E-state index contributed by atoms with van der Waals surface area (Å²) in [7, 11) is 0. The first kappa shape index (κ1) is 33.2. The molecule has 228 valence electrons. The molecule has 6 rings (SSSR count). The second-order valence-electron chi connectivity index (χ2n) is 10.4. The molecule has 4 aromatic carbocycles. The van der Waals surface area contributed by atoms with Crippen LogP contribution in [0.5, 0.6) is 11.5 Å². The molecule has 0 unspecified atom stereocenters. The Balaban J connectivity index is 1.26. The predicted molar refractivity (Wildman–Crippen MR) is 199 cm³/mol. The van der Waals surface area contributed by atoms with Gasteiger partial charge in [0.1, 0.15) is 9.75 Å². The molecule has 0 bridgehead atoms. The molecule has 0 N–H and O–H groups in total. The summed E-state index contributed by atoms with van der Waals surface area (Å²) >= 11 is 30.0. The van der Waals surface area contributed by atoms with Gasteiger partial charge in [0.15, 0.2) is 11.5 Å². The van der Waals surface area contributed by atoms with E-state index in [4.69, 9.17) is 32.7 Å². The van der Waals surface area contributed by atoms with Crippen LogP contribution in [0.15, 0.2) is 90.7 Å². The van der Waals surface area contributed by atoms with Crippen LogP contribution in [0.3, 0.4) is 0 Å². The van der Waals surface area contributed by atoms with Crippen LogP contribution < -0.4 is 9.47 Å². The van der Waals surface area contributed by atoms with Crippen LogP contribution in [0.1, 0.15) is 44.3 Å². The SMILES string of the molecule is CC(C)(c1cc(Br)c(OC(=O)c2sc3ccccc3c2Cl)c(Br)c1)c1cc(Br)c(OC(=O)c2sc3ccccc3c2Cl)c(Br)c1. The first-order chi connectivity index (χ1) is 21.4. The Morgan fingerprint density at radius 3 is 1.29 bits per heavy atom. The van der Waals surface area contributed by atoms with Gasteiger partial charge in [0.25, 0.3) is 0 Å². The van der Waals surface area contributed by atoms with Gasteiger partial charge in [0.2, 0.25) is 0 Å². The summed E-state index contributed by atoms with van der Waals surface area (Å²) in [6, 6.07) is 22.8. The minimum atomic E-state index is -0.537. The minimum Gasteiger partial charge on any atom is -0.420 e. The quantitative estimate of drug-likeness (QED) is 0.123. The zero-order chi connectivity index (χ0) is 32.2. The second kappa shape index (κ2) is 13.0. The molecule has 0 fully saturated rings. The van der Waals surface area contributed by atoms with E-state index in [9.17, 15) is 9.59 Å². The lowest BCUT2D eigenvalue weighted by atomic mass is 9.78. The summed E-state index contributed by atoms with van der Waals surface area (Å²) in [6.07, 6.45) is 0. The average Bonchev–Trinajstić information content (AvgIpc) is 3.53. The van der Waals surface area contributed by atoms with E-state index in [1.165, 1.54) is 22.7 Å². The molecular weight excluding hydrogens is 915 g/mol. The predicted octanol–water partition coefficient (Wildman–Crippen LogP) is 13.2. The zero-order valence-corrected chi connectivity index (χ0v) is 32.6. The summed E-state index contributed by atoms with van der Waals surface area (Å²) in [5, 5.41) is 2.38. The smallest absolute Gasteiger partial charge is 0.355 e. The zero-order valence-electron chi connectivity index (χ0n) is 23.1. The second-order valence-corrected chi connectivity index (χ2v) is 16.7. The molecule has 0 spiro atoms. The van der Waals surface area contributed by atoms with Crippen LogP contribution >= 0.6 is 110 Å². The third kappa shape index (κ3) is 6.29. The monoisotopic (exact) mass is 928 g/mol. The van der Waals surface area contributed by atoms with E-state index in [-0.39, 0.29) is 0 Å². The Bertz CT molecular complexity index is 1980. The summed E-state index contributed by atoms with van der Waals surface area (Å²) in [5.74, 6) is -0.385. The molecule has 4 nitrogen and oxygen atoms in total. The highest BCUT2D eigenvalue weighted by atomic mass is 79.9. The van der Waals surface area contributed by atoms with Crippen molar-refractivity contribution in [1.29, 1.82) is 0 Å². The molecule has 0 amide bonds.